The Morgan fingerprint density at radius 1 is 1.29 bits per heavy atom. The highest BCUT2D eigenvalue weighted by atomic mass is 79.9. The largest absolute Gasteiger partial charge is 0.436 e. The number of benzene rings is 1. The third-order valence-corrected chi connectivity index (χ3v) is 4.37. The molecule has 3 rings (SSSR count). The number of nitrogens with zero attached hydrogens (tertiary/aromatic N) is 3. The Hall–Kier alpha value is -2.12. The van der Waals surface area contributed by atoms with Gasteiger partial charge in [-0.1, -0.05) is 15.9 Å². The molecule has 1 aromatic carbocycles. The highest BCUT2D eigenvalue weighted by Gasteiger charge is 2.11. The number of aryl methyl sites for hydroxylation is 2. The molecule has 7 heteroatoms. The van der Waals surface area contributed by atoms with E-state index in [1.165, 1.54) is 0 Å². The topological polar surface area (TPSA) is 77.5 Å². The van der Waals surface area contributed by atoms with Crippen molar-refractivity contribution in [2.75, 3.05) is 5.43 Å². The zero-order valence-electron chi connectivity index (χ0n) is 11.6. The number of imidazole rings is 1. The van der Waals surface area contributed by atoms with Gasteiger partial charge in [-0.2, -0.15) is 4.98 Å². The summed E-state index contributed by atoms with van der Waals surface area (Å²) in [6.07, 6.45) is 5.23. The molecule has 108 valence electrons. The van der Waals surface area contributed by atoms with Gasteiger partial charge < -0.3 is 10.2 Å². The summed E-state index contributed by atoms with van der Waals surface area (Å²) in [6, 6.07) is 3.89. The average molecular weight is 348 g/mol. The summed E-state index contributed by atoms with van der Waals surface area (Å²) >= 11 is 3.54. The molecule has 0 spiro atoms. The summed E-state index contributed by atoms with van der Waals surface area (Å²) in [5.74, 6) is 7.04. The molecule has 0 saturated heterocycles. The normalized spacial score (nSPS) is 10.9. The van der Waals surface area contributed by atoms with Crippen molar-refractivity contribution in [3.8, 4) is 11.6 Å². The predicted molar refractivity (Wildman–Crippen MR) is 84.5 cm³/mol. The number of nitrogen functional groups attached to an aromatic ring is 1. The van der Waals surface area contributed by atoms with E-state index in [9.17, 15) is 0 Å². The highest BCUT2D eigenvalue weighted by Crippen LogP contribution is 2.30. The Balaban J connectivity index is 2.07. The summed E-state index contributed by atoms with van der Waals surface area (Å²) in [5, 5.41) is 0. The van der Waals surface area contributed by atoms with Crippen molar-refractivity contribution in [3.05, 3.63) is 46.3 Å². The Morgan fingerprint density at radius 3 is 2.67 bits per heavy atom. The first-order valence-corrected chi connectivity index (χ1v) is 7.12. The number of hydrogen-bond donors (Lipinski definition) is 2. The second-order valence-corrected chi connectivity index (χ2v) is 5.50. The fourth-order valence-electron chi connectivity index (χ4n) is 2.12. The SMILES string of the molecule is Cc1cc(Oc2nc(NN)cn3ccnc23)cc(C)c1Br. The van der Waals surface area contributed by atoms with Crippen molar-refractivity contribution in [2.24, 2.45) is 5.84 Å². The number of ether oxygens (including phenoxy) is 1. The Kier molecular flexibility index (Phi) is 3.52. The Labute approximate surface area is 130 Å². The lowest BCUT2D eigenvalue weighted by atomic mass is 10.1. The van der Waals surface area contributed by atoms with Crippen LogP contribution in [0.25, 0.3) is 5.65 Å². The fraction of sp³-hybridized carbons (Fsp3) is 0.143. The molecule has 21 heavy (non-hydrogen) atoms. The minimum Gasteiger partial charge on any atom is -0.436 e. The third-order valence-electron chi connectivity index (χ3n) is 3.12. The first-order valence-electron chi connectivity index (χ1n) is 6.33. The van der Waals surface area contributed by atoms with Gasteiger partial charge in [0.2, 0.25) is 5.65 Å². The minimum absolute atomic E-state index is 0.400. The molecule has 0 aliphatic heterocycles. The number of nitrogens with two attached hydrogens (primary N) is 1. The van der Waals surface area contributed by atoms with E-state index in [-0.39, 0.29) is 0 Å². The molecule has 6 nitrogen and oxygen atoms in total. The number of fused-ring (bicyclic) bond motifs is 1. The van der Waals surface area contributed by atoms with Crippen molar-refractivity contribution in [1.82, 2.24) is 14.4 Å². The van der Waals surface area contributed by atoms with Crippen LogP contribution in [0.15, 0.2) is 35.2 Å². The van der Waals surface area contributed by atoms with Crippen LogP contribution >= 0.6 is 15.9 Å². The molecule has 0 fully saturated rings. The van der Waals surface area contributed by atoms with E-state index in [2.05, 4.69) is 31.3 Å². The quantitative estimate of drug-likeness (QED) is 0.562. The van der Waals surface area contributed by atoms with Gasteiger partial charge >= 0.3 is 0 Å². The molecule has 0 saturated carbocycles. The number of halogens is 1. The van der Waals surface area contributed by atoms with E-state index in [1.807, 2.05) is 32.2 Å². The highest BCUT2D eigenvalue weighted by molar-refractivity contribution is 9.10. The van der Waals surface area contributed by atoms with Crippen LogP contribution in [0.2, 0.25) is 0 Å². The van der Waals surface area contributed by atoms with Gasteiger partial charge in [0.1, 0.15) is 5.75 Å². The summed E-state index contributed by atoms with van der Waals surface area (Å²) in [4.78, 5) is 8.57. The first-order chi connectivity index (χ1) is 10.1. The van der Waals surface area contributed by atoms with Crippen LogP contribution < -0.4 is 16.0 Å². The number of hydrogen-bond acceptors (Lipinski definition) is 5. The molecule has 0 amide bonds. The standard InChI is InChI=1S/C14H14BrN5O/c1-8-5-10(6-9(2)12(8)15)21-14-13-17-3-4-20(13)7-11(18-14)19-16/h3-7,19H,16H2,1-2H3. The van der Waals surface area contributed by atoms with Crippen LogP contribution in [-0.2, 0) is 0 Å². The van der Waals surface area contributed by atoms with Crippen molar-refractivity contribution >= 4 is 27.4 Å². The van der Waals surface area contributed by atoms with Gasteiger partial charge in [0.15, 0.2) is 5.82 Å². The van der Waals surface area contributed by atoms with Gasteiger partial charge in [0, 0.05) is 16.9 Å². The van der Waals surface area contributed by atoms with E-state index in [1.54, 1.807) is 16.8 Å². The summed E-state index contributed by atoms with van der Waals surface area (Å²) in [5.41, 5.74) is 5.34. The average Bonchev–Trinajstić information content (AvgIpc) is 2.93. The molecule has 2 aromatic heterocycles. The molecule has 0 radical (unpaired) electrons. The van der Waals surface area contributed by atoms with E-state index in [0.717, 1.165) is 15.6 Å². The van der Waals surface area contributed by atoms with Crippen molar-refractivity contribution in [2.45, 2.75) is 13.8 Å². The van der Waals surface area contributed by atoms with E-state index in [4.69, 9.17) is 10.6 Å². The van der Waals surface area contributed by atoms with E-state index in [0.29, 0.717) is 23.1 Å². The van der Waals surface area contributed by atoms with Gasteiger partial charge in [-0.15, -0.1) is 0 Å². The van der Waals surface area contributed by atoms with Crippen LogP contribution in [0.4, 0.5) is 5.82 Å². The third kappa shape index (κ3) is 2.57. The minimum atomic E-state index is 0.400. The number of anilines is 1. The summed E-state index contributed by atoms with van der Waals surface area (Å²) in [6.45, 7) is 4.03. The summed E-state index contributed by atoms with van der Waals surface area (Å²) < 4.78 is 8.78. The molecular weight excluding hydrogens is 334 g/mol. The maximum atomic E-state index is 5.90. The molecule has 0 bridgehead atoms. The molecule has 3 N–H and O–H groups in total. The maximum absolute atomic E-state index is 5.90. The van der Waals surface area contributed by atoms with E-state index < -0.39 is 0 Å². The Bertz CT molecular complexity index is 791. The molecular formula is C14H14BrN5O. The smallest absolute Gasteiger partial charge is 0.265 e. The lowest BCUT2D eigenvalue weighted by Crippen LogP contribution is -2.10. The molecule has 3 aromatic rings. The predicted octanol–water partition coefficient (Wildman–Crippen LogP) is 3.19. The number of aromatic nitrogens is 3. The lowest BCUT2D eigenvalue weighted by Gasteiger charge is -2.11. The zero-order chi connectivity index (χ0) is 15.0. The molecule has 0 aliphatic rings. The van der Waals surface area contributed by atoms with Gasteiger partial charge in [0.25, 0.3) is 5.88 Å². The first kappa shape index (κ1) is 13.8. The van der Waals surface area contributed by atoms with Crippen molar-refractivity contribution < 1.29 is 4.74 Å². The van der Waals surface area contributed by atoms with Gasteiger partial charge in [-0.25, -0.2) is 10.8 Å². The van der Waals surface area contributed by atoms with Gasteiger partial charge in [-0.3, -0.25) is 4.40 Å². The monoisotopic (exact) mass is 347 g/mol. The number of rotatable bonds is 3. The van der Waals surface area contributed by atoms with Crippen LogP contribution in [0.5, 0.6) is 11.6 Å². The molecule has 0 unspecified atom stereocenters. The number of nitrogens with one attached hydrogen (secondary N) is 1. The fourth-order valence-corrected chi connectivity index (χ4v) is 2.35. The lowest BCUT2D eigenvalue weighted by molar-refractivity contribution is 0.465. The molecule has 0 aliphatic carbocycles. The van der Waals surface area contributed by atoms with Gasteiger partial charge in [0.05, 0.1) is 6.20 Å². The zero-order valence-corrected chi connectivity index (χ0v) is 13.2. The molecule has 0 atom stereocenters. The van der Waals surface area contributed by atoms with Crippen LogP contribution in [0.1, 0.15) is 11.1 Å². The van der Waals surface area contributed by atoms with Crippen LogP contribution in [-0.4, -0.2) is 14.4 Å². The Morgan fingerprint density at radius 2 is 2.00 bits per heavy atom. The number of hydrazine groups is 1. The van der Waals surface area contributed by atoms with Crippen molar-refractivity contribution in [3.63, 3.8) is 0 Å². The van der Waals surface area contributed by atoms with E-state index >= 15 is 0 Å². The second kappa shape index (κ2) is 5.34. The maximum Gasteiger partial charge on any atom is 0.265 e. The molecule has 2 heterocycles. The van der Waals surface area contributed by atoms with Crippen LogP contribution in [0, 0.1) is 13.8 Å². The van der Waals surface area contributed by atoms with Crippen LogP contribution in [0.3, 0.4) is 0 Å². The van der Waals surface area contributed by atoms with Crippen molar-refractivity contribution in [1.29, 1.82) is 0 Å². The second-order valence-electron chi connectivity index (χ2n) is 4.71. The summed E-state index contributed by atoms with van der Waals surface area (Å²) in [7, 11) is 0. The van der Waals surface area contributed by atoms with Gasteiger partial charge in [-0.05, 0) is 37.1 Å².